The predicted octanol–water partition coefficient (Wildman–Crippen LogP) is 2.14. The molecule has 0 aliphatic rings. The van der Waals surface area contributed by atoms with Gasteiger partial charge in [-0.15, -0.1) is 0 Å². The van der Waals surface area contributed by atoms with E-state index in [0.717, 1.165) is 6.42 Å². The fourth-order valence-corrected chi connectivity index (χ4v) is 0.761. The van der Waals surface area contributed by atoms with Crippen LogP contribution < -0.4 is 0 Å². The second kappa shape index (κ2) is 6.35. The van der Waals surface area contributed by atoms with E-state index in [1.807, 2.05) is 6.92 Å². The highest BCUT2D eigenvalue weighted by Gasteiger charge is 2.11. The topological polar surface area (TPSA) is 26.3 Å². The summed E-state index contributed by atoms with van der Waals surface area (Å²) < 4.78 is 5.02. The smallest absolute Gasteiger partial charge is 0.309 e. The highest BCUT2D eigenvalue weighted by molar-refractivity contribution is 7.80. The summed E-state index contributed by atoms with van der Waals surface area (Å²) >= 11 is 4.02. The van der Waals surface area contributed by atoms with Gasteiger partial charge in [-0.1, -0.05) is 20.8 Å². The van der Waals surface area contributed by atoms with E-state index >= 15 is 0 Å². The van der Waals surface area contributed by atoms with Crippen molar-refractivity contribution >= 4 is 18.6 Å². The van der Waals surface area contributed by atoms with Gasteiger partial charge in [-0.25, -0.2) is 0 Å². The molecule has 0 saturated heterocycles. The van der Waals surface area contributed by atoms with Crippen LogP contribution in [0.5, 0.6) is 0 Å². The van der Waals surface area contributed by atoms with Gasteiger partial charge in [-0.3, -0.25) is 4.79 Å². The van der Waals surface area contributed by atoms with Crippen molar-refractivity contribution in [3.63, 3.8) is 0 Å². The first-order valence-electron chi connectivity index (χ1n) is 4.35. The zero-order valence-corrected chi connectivity index (χ0v) is 8.93. The normalized spacial score (nSPS) is 13.1. The molecule has 0 N–H and O–H groups in total. The van der Waals surface area contributed by atoms with Gasteiger partial charge in [0.1, 0.15) is 0 Å². The van der Waals surface area contributed by atoms with E-state index in [9.17, 15) is 4.79 Å². The van der Waals surface area contributed by atoms with Crippen molar-refractivity contribution in [2.75, 3.05) is 12.4 Å². The lowest BCUT2D eigenvalue weighted by Crippen LogP contribution is -2.17. The molecular weight excluding hydrogens is 172 g/mol. The van der Waals surface area contributed by atoms with Crippen LogP contribution in [-0.4, -0.2) is 18.3 Å². The number of ether oxygens (including phenoxy) is 1. The molecule has 1 atom stereocenters. The number of rotatable bonds is 5. The van der Waals surface area contributed by atoms with Gasteiger partial charge in [0.05, 0.1) is 12.5 Å². The summed E-state index contributed by atoms with van der Waals surface area (Å²) in [5.41, 5.74) is 0. The van der Waals surface area contributed by atoms with Gasteiger partial charge in [0, 0.05) is 5.75 Å². The van der Waals surface area contributed by atoms with Crippen molar-refractivity contribution in [3.8, 4) is 0 Å². The maximum atomic E-state index is 11.1. The van der Waals surface area contributed by atoms with Crippen molar-refractivity contribution in [2.45, 2.75) is 27.2 Å². The Morgan fingerprint density at radius 3 is 2.42 bits per heavy atom. The number of thiol groups is 1. The summed E-state index contributed by atoms with van der Waals surface area (Å²) in [5.74, 6) is 0.927. The first kappa shape index (κ1) is 11.8. The predicted molar refractivity (Wildman–Crippen MR) is 53.4 cm³/mol. The van der Waals surface area contributed by atoms with Gasteiger partial charge in [0.15, 0.2) is 0 Å². The highest BCUT2D eigenvalue weighted by atomic mass is 32.1. The van der Waals surface area contributed by atoms with E-state index in [-0.39, 0.29) is 11.9 Å². The van der Waals surface area contributed by atoms with E-state index in [1.165, 1.54) is 0 Å². The largest absolute Gasteiger partial charge is 0.465 e. The molecule has 0 heterocycles. The van der Waals surface area contributed by atoms with Crippen LogP contribution in [0.1, 0.15) is 27.2 Å². The summed E-state index contributed by atoms with van der Waals surface area (Å²) in [6, 6.07) is 0. The van der Waals surface area contributed by atoms with Gasteiger partial charge in [0.25, 0.3) is 0 Å². The zero-order chi connectivity index (χ0) is 9.56. The summed E-state index contributed by atoms with van der Waals surface area (Å²) in [7, 11) is 0. The molecule has 0 aliphatic heterocycles. The number of carbonyl (C=O) groups excluding carboxylic acids is 1. The molecule has 0 bridgehead atoms. The lowest BCUT2D eigenvalue weighted by Gasteiger charge is -2.09. The van der Waals surface area contributed by atoms with Crippen molar-refractivity contribution in [1.82, 2.24) is 0 Å². The summed E-state index contributed by atoms with van der Waals surface area (Å²) in [6.45, 7) is 6.57. The van der Waals surface area contributed by atoms with Crippen molar-refractivity contribution in [1.29, 1.82) is 0 Å². The van der Waals surface area contributed by atoms with Gasteiger partial charge in [-0.2, -0.15) is 12.6 Å². The number of carbonyl (C=O) groups is 1. The molecule has 72 valence electrons. The van der Waals surface area contributed by atoms with Gasteiger partial charge >= 0.3 is 5.97 Å². The Morgan fingerprint density at radius 2 is 2.00 bits per heavy atom. The standard InChI is InChI=1S/C9H18O2S/c1-7(2)4-5-11-9(10)8(3)6-12/h7-8,12H,4-6H2,1-3H3. The minimum Gasteiger partial charge on any atom is -0.465 e. The molecule has 3 heteroatoms. The fraction of sp³-hybridized carbons (Fsp3) is 0.889. The van der Waals surface area contributed by atoms with Crippen LogP contribution in [0.3, 0.4) is 0 Å². The van der Waals surface area contributed by atoms with Gasteiger partial charge < -0.3 is 4.74 Å². The number of hydrogen-bond donors (Lipinski definition) is 1. The second-order valence-corrected chi connectivity index (χ2v) is 3.80. The van der Waals surface area contributed by atoms with E-state index in [2.05, 4.69) is 26.5 Å². The van der Waals surface area contributed by atoms with Gasteiger partial charge in [-0.05, 0) is 12.3 Å². The third-order valence-corrected chi connectivity index (χ3v) is 2.16. The lowest BCUT2D eigenvalue weighted by atomic mass is 10.1. The van der Waals surface area contributed by atoms with Crippen LogP contribution in [0, 0.1) is 11.8 Å². The molecule has 0 aromatic heterocycles. The van der Waals surface area contributed by atoms with Crippen LogP contribution in [0.15, 0.2) is 0 Å². The van der Waals surface area contributed by atoms with E-state index in [1.54, 1.807) is 0 Å². The molecule has 0 fully saturated rings. The molecule has 0 aromatic carbocycles. The van der Waals surface area contributed by atoms with Crippen molar-refractivity contribution in [2.24, 2.45) is 11.8 Å². The average molecular weight is 190 g/mol. The first-order valence-corrected chi connectivity index (χ1v) is 4.98. The Bertz CT molecular complexity index is 134. The number of hydrogen-bond acceptors (Lipinski definition) is 3. The molecule has 0 amide bonds. The minimum atomic E-state index is -0.134. The zero-order valence-electron chi connectivity index (χ0n) is 8.04. The Balaban J connectivity index is 3.44. The third kappa shape index (κ3) is 5.47. The molecule has 2 nitrogen and oxygen atoms in total. The van der Waals surface area contributed by atoms with Crippen LogP contribution in [0.25, 0.3) is 0 Å². The molecular formula is C9H18O2S. The minimum absolute atomic E-state index is 0.0829. The Morgan fingerprint density at radius 1 is 1.42 bits per heavy atom. The van der Waals surface area contributed by atoms with E-state index < -0.39 is 0 Å². The summed E-state index contributed by atoms with van der Waals surface area (Å²) in [4.78, 5) is 11.1. The maximum absolute atomic E-state index is 11.1. The van der Waals surface area contributed by atoms with Crippen molar-refractivity contribution < 1.29 is 9.53 Å². The molecule has 0 spiro atoms. The first-order chi connectivity index (χ1) is 5.57. The fourth-order valence-electron chi connectivity index (χ4n) is 0.612. The quantitative estimate of drug-likeness (QED) is 0.531. The Kier molecular flexibility index (Phi) is 6.25. The molecule has 1 unspecified atom stereocenters. The van der Waals surface area contributed by atoms with Crippen molar-refractivity contribution in [3.05, 3.63) is 0 Å². The van der Waals surface area contributed by atoms with Crippen LogP contribution >= 0.6 is 12.6 Å². The Hall–Kier alpha value is -0.180. The van der Waals surface area contributed by atoms with Crippen LogP contribution in [0.2, 0.25) is 0 Å². The lowest BCUT2D eigenvalue weighted by molar-refractivity contribution is -0.147. The molecule has 0 radical (unpaired) electrons. The summed E-state index contributed by atoms with van der Waals surface area (Å²) in [5, 5.41) is 0. The molecule has 0 aromatic rings. The average Bonchev–Trinajstić information content (AvgIpc) is 2.02. The molecule has 12 heavy (non-hydrogen) atoms. The SMILES string of the molecule is CC(C)CCOC(=O)C(C)CS. The molecule has 0 rings (SSSR count). The number of esters is 1. The highest BCUT2D eigenvalue weighted by Crippen LogP contribution is 2.04. The molecule has 0 saturated carbocycles. The van der Waals surface area contributed by atoms with Gasteiger partial charge in [0.2, 0.25) is 0 Å². The maximum Gasteiger partial charge on any atom is 0.309 e. The monoisotopic (exact) mass is 190 g/mol. The van der Waals surface area contributed by atoms with E-state index in [0.29, 0.717) is 18.3 Å². The second-order valence-electron chi connectivity index (χ2n) is 3.43. The van der Waals surface area contributed by atoms with Crippen LogP contribution in [0.4, 0.5) is 0 Å². The van der Waals surface area contributed by atoms with E-state index in [4.69, 9.17) is 4.74 Å². The van der Waals surface area contributed by atoms with Crippen LogP contribution in [-0.2, 0) is 9.53 Å². The summed E-state index contributed by atoms with van der Waals surface area (Å²) in [6.07, 6.45) is 0.936. The molecule has 0 aliphatic carbocycles. The third-order valence-electron chi connectivity index (χ3n) is 1.62. The Labute approximate surface area is 80.1 Å².